The normalized spacial score (nSPS) is 10.7. The maximum absolute atomic E-state index is 12.7. The Morgan fingerprint density at radius 3 is 2.31 bits per heavy atom. The minimum absolute atomic E-state index is 0.0829. The molecule has 0 amide bonds. The molecule has 0 saturated carbocycles. The molecule has 0 aliphatic carbocycles. The van der Waals surface area contributed by atoms with Crippen LogP contribution in [0.5, 0.6) is 11.5 Å². The second-order valence-corrected chi connectivity index (χ2v) is 6.55. The summed E-state index contributed by atoms with van der Waals surface area (Å²) in [5.41, 5.74) is 0.102. The van der Waals surface area contributed by atoms with Crippen LogP contribution in [0.15, 0.2) is 61.2 Å². The first-order chi connectivity index (χ1) is 12.3. The lowest BCUT2D eigenvalue weighted by Gasteiger charge is -2.19. The standard InChI is InChI=1S/C21H22O5/c1-5-10-15-11-9-14-17(25-20(23)26-21(2,3)4)18(15)19(22)24-16-12-7-6-8-13-16/h5-9,11-14H,1,10H2,2-4H3. The predicted octanol–water partition coefficient (Wildman–Crippen LogP) is 4.95. The number of para-hydroxylation sites is 1. The fraction of sp³-hybridized carbons (Fsp3) is 0.238. The first-order valence-corrected chi connectivity index (χ1v) is 8.21. The summed E-state index contributed by atoms with van der Waals surface area (Å²) in [4.78, 5) is 24.7. The predicted molar refractivity (Wildman–Crippen MR) is 98.6 cm³/mol. The molecule has 0 N–H and O–H groups in total. The highest BCUT2D eigenvalue weighted by Gasteiger charge is 2.24. The van der Waals surface area contributed by atoms with Crippen LogP contribution in [0.3, 0.4) is 0 Å². The lowest BCUT2D eigenvalue weighted by Crippen LogP contribution is -2.26. The van der Waals surface area contributed by atoms with Gasteiger partial charge in [-0.2, -0.15) is 0 Å². The van der Waals surface area contributed by atoms with Crippen LogP contribution < -0.4 is 9.47 Å². The van der Waals surface area contributed by atoms with E-state index >= 15 is 0 Å². The number of carbonyl (C=O) groups excluding carboxylic acids is 2. The molecule has 2 aromatic carbocycles. The average Bonchev–Trinajstić information content (AvgIpc) is 2.54. The highest BCUT2D eigenvalue weighted by Crippen LogP contribution is 2.26. The molecule has 0 radical (unpaired) electrons. The summed E-state index contributed by atoms with van der Waals surface area (Å²) < 4.78 is 15.8. The van der Waals surface area contributed by atoms with Crippen LogP contribution >= 0.6 is 0 Å². The summed E-state index contributed by atoms with van der Waals surface area (Å²) in [5, 5.41) is 0. The van der Waals surface area contributed by atoms with E-state index in [1.165, 1.54) is 6.07 Å². The Morgan fingerprint density at radius 1 is 1.00 bits per heavy atom. The van der Waals surface area contributed by atoms with E-state index in [9.17, 15) is 9.59 Å². The molecular weight excluding hydrogens is 332 g/mol. The second-order valence-electron chi connectivity index (χ2n) is 6.55. The van der Waals surface area contributed by atoms with Gasteiger partial charge in [-0.25, -0.2) is 9.59 Å². The van der Waals surface area contributed by atoms with E-state index in [-0.39, 0.29) is 11.3 Å². The van der Waals surface area contributed by atoms with Gasteiger partial charge in [-0.3, -0.25) is 0 Å². The van der Waals surface area contributed by atoms with E-state index in [0.717, 1.165) is 0 Å². The summed E-state index contributed by atoms with van der Waals surface area (Å²) in [7, 11) is 0. The van der Waals surface area contributed by atoms with Crippen molar-refractivity contribution in [3.63, 3.8) is 0 Å². The molecule has 2 aromatic rings. The zero-order valence-corrected chi connectivity index (χ0v) is 15.2. The minimum Gasteiger partial charge on any atom is -0.428 e. The first kappa shape index (κ1) is 19.2. The molecule has 0 saturated heterocycles. The van der Waals surface area contributed by atoms with Crippen LogP contribution in [0.1, 0.15) is 36.7 Å². The van der Waals surface area contributed by atoms with E-state index in [1.807, 2.05) is 6.07 Å². The smallest absolute Gasteiger partial charge is 0.428 e. The largest absolute Gasteiger partial charge is 0.514 e. The van der Waals surface area contributed by atoms with E-state index < -0.39 is 17.7 Å². The topological polar surface area (TPSA) is 61.8 Å². The van der Waals surface area contributed by atoms with Crippen molar-refractivity contribution in [3.05, 3.63) is 72.3 Å². The van der Waals surface area contributed by atoms with Crippen molar-refractivity contribution in [1.82, 2.24) is 0 Å². The van der Waals surface area contributed by atoms with E-state index in [0.29, 0.717) is 17.7 Å². The van der Waals surface area contributed by atoms with Crippen molar-refractivity contribution in [2.75, 3.05) is 0 Å². The molecule has 0 aromatic heterocycles. The molecule has 26 heavy (non-hydrogen) atoms. The molecule has 0 heterocycles. The molecule has 5 nitrogen and oxygen atoms in total. The van der Waals surface area contributed by atoms with Crippen LogP contribution in [0.4, 0.5) is 4.79 Å². The molecular formula is C21H22O5. The molecule has 5 heteroatoms. The minimum atomic E-state index is -0.887. The maximum atomic E-state index is 12.7. The van der Waals surface area contributed by atoms with Gasteiger partial charge in [0.25, 0.3) is 0 Å². The van der Waals surface area contributed by atoms with Crippen LogP contribution in [-0.2, 0) is 11.2 Å². The van der Waals surface area contributed by atoms with Gasteiger partial charge in [-0.1, -0.05) is 36.4 Å². The molecule has 0 aliphatic rings. The number of esters is 1. The number of carbonyl (C=O) groups is 2. The quantitative estimate of drug-likeness (QED) is 0.329. The molecule has 0 atom stereocenters. The Morgan fingerprint density at radius 2 is 1.69 bits per heavy atom. The summed E-state index contributed by atoms with van der Waals surface area (Å²) >= 11 is 0. The van der Waals surface area contributed by atoms with Gasteiger partial charge in [0, 0.05) is 0 Å². The lowest BCUT2D eigenvalue weighted by molar-refractivity contribution is 0.0204. The number of rotatable bonds is 5. The van der Waals surface area contributed by atoms with Crippen molar-refractivity contribution in [2.45, 2.75) is 32.8 Å². The van der Waals surface area contributed by atoms with Crippen LogP contribution in [-0.4, -0.2) is 17.7 Å². The molecule has 0 bridgehead atoms. The van der Waals surface area contributed by atoms with Crippen LogP contribution in [0.25, 0.3) is 0 Å². The van der Waals surface area contributed by atoms with Crippen LogP contribution in [0, 0.1) is 0 Å². The van der Waals surface area contributed by atoms with Gasteiger partial charge in [0.15, 0.2) is 0 Å². The zero-order valence-electron chi connectivity index (χ0n) is 15.2. The van der Waals surface area contributed by atoms with Crippen molar-refractivity contribution >= 4 is 12.1 Å². The highest BCUT2D eigenvalue weighted by atomic mass is 16.7. The van der Waals surface area contributed by atoms with Gasteiger partial charge in [-0.05, 0) is 51.0 Å². The van der Waals surface area contributed by atoms with Gasteiger partial charge in [0.05, 0.1) is 0 Å². The van der Waals surface area contributed by atoms with Crippen molar-refractivity contribution in [3.8, 4) is 11.5 Å². The molecule has 2 rings (SSSR count). The van der Waals surface area contributed by atoms with Gasteiger partial charge >= 0.3 is 12.1 Å². The van der Waals surface area contributed by atoms with Gasteiger partial charge < -0.3 is 14.2 Å². The summed E-state index contributed by atoms with van der Waals surface area (Å²) in [6.45, 7) is 8.88. The number of ether oxygens (including phenoxy) is 3. The fourth-order valence-corrected chi connectivity index (χ4v) is 2.23. The summed E-state index contributed by atoms with van der Waals surface area (Å²) in [5.74, 6) is -0.138. The van der Waals surface area contributed by atoms with Crippen molar-refractivity contribution < 1.29 is 23.8 Å². The Bertz CT molecular complexity index is 788. The molecule has 0 spiro atoms. The summed E-state index contributed by atoms with van der Waals surface area (Å²) in [6.07, 6.45) is 1.19. The third-order valence-corrected chi connectivity index (χ3v) is 3.22. The number of hydrogen-bond donors (Lipinski definition) is 0. The Labute approximate surface area is 153 Å². The second kappa shape index (κ2) is 8.34. The molecule has 0 aliphatic heterocycles. The van der Waals surface area contributed by atoms with Gasteiger partial charge in [0.1, 0.15) is 22.7 Å². The number of allylic oxidation sites excluding steroid dienone is 1. The Balaban J connectivity index is 2.33. The van der Waals surface area contributed by atoms with E-state index in [4.69, 9.17) is 14.2 Å². The van der Waals surface area contributed by atoms with Crippen molar-refractivity contribution in [2.24, 2.45) is 0 Å². The van der Waals surface area contributed by atoms with E-state index in [2.05, 4.69) is 6.58 Å². The fourth-order valence-electron chi connectivity index (χ4n) is 2.23. The first-order valence-electron chi connectivity index (χ1n) is 8.21. The average molecular weight is 354 g/mol. The molecule has 136 valence electrons. The highest BCUT2D eigenvalue weighted by molar-refractivity contribution is 5.96. The Hall–Kier alpha value is -3.08. The third-order valence-electron chi connectivity index (χ3n) is 3.22. The maximum Gasteiger partial charge on any atom is 0.514 e. The molecule has 0 unspecified atom stereocenters. The number of benzene rings is 2. The van der Waals surface area contributed by atoms with E-state index in [1.54, 1.807) is 63.2 Å². The lowest BCUT2D eigenvalue weighted by atomic mass is 10.0. The zero-order chi connectivity index (χ0) is 19.2. The molecule has 0 fully saturated rings. The Kier molecular flexibility index (Phi) is 6.17. The number of hydrogen-bond acceptors (Lipinski definition) is 5. The third kappa shape index (κ3) is 5.48. The van der Waals surface area contributed by atoms with Gasteiger partial charge in [-0.15, -0.1) is 6.58 Å². The van der Waals surface area contributed by atoms with Crippen LogP contribution in [0.2, 0.25) is 0 Å². The SMILES string of the molecule is C=CCc1cccc(OC(=O)OC(C)(C)C)c1C(=O)Oc1ccccc1. The van der Waals surface area contributed by atoms with Crippen molar-refractivity contribution in [1.29, 1.82) is 0 Å². The van der Waals surface area contributed by atoms with Gasteiger partial charge in [0.2, 0.25) is 0 Å². The summed E-state index contributed by atoms with van der Waals surface area (Å²) in [6, 6.07) is 13.7. The monoisotopic (exact) mass is 354 g/mol.